The van der Waals surface area contributed by atoms with Gasteiger partial charge in [0.15, 0.2) is 0 Å². The van der Waals surface area contributed by atoms with E-state index in [0.29, 0.717) is 13.2 Å². The molecule has 0 aliphatic heterocycles. The van der Waals surface area contributed by atoms with Gasteiger partial charge < -0.3 is 17.7 Å². The van der Waals surface area contributed by atoms with Gasteiger partial charge in [0, 0.05) is 26.4 Å². The molecule has 5 heteroatoms. The van der Waals surface area contributed by atoms with Crippen molar-refractivity contribution in [2.45, 2.75) is 52.6 Å². The molecule has 0 rings (SSSR count). The van der Waals surface area contributed by atoms with Crippen LogP contribution < -0.4 is 0 Å². The van der Waals surface area contributed by atoms with Gasteiger partial charge in [-0.3, -0.25) is 0 Å². The summed E-state index contributed by atoms with van der Waals surface area (Å²) in [5.74, 6) is 0. The summed E-state index contributed by atoms with van der Waals surface area (Å²) < 4.78 is 22.4. The second-order valence-corrected chi connectivity index (χ2v) is 6.29. The second kappa shape index (κ2) is 10.7. The summed E-state index contributed by atoms with van der Waals surface area (Å²) in [7, 11) is -1.34. The van der Waals surface area contributed by atoms with E-state index in [1.165, 1.54) is 0 Å². The van der Waals surface area contributed by atoms with Crippen molar-refractivity contribution in [2.75, 3.05) is 20.3 Å². The predicted octanol–water partition coefficient (Wildman–Crippen LogP) is 3.29. The lowest BCUT2D eigenvalue weighted by molar-refractivity contribution is -0.0391. The van der Waals surface area contributed by atoms with Gasteiger partial charge in [-0.05, 0) is 40.0 Å². The number of allylic oxidation sites excluding steroid dienone is 1. The highest BCUT2D eigenvalue weighted by Crippen LogP contribution is 2.17. The van der Waals surface area contributed by atoms with Crippen LogP contribution in [0.5, 0.6) is 0 Å². The maximum Gasteiger partial charge on any atom is 0.679 e. The van der Waals surface area contributed by atoms with Gasteiger partial charge in [-0.25, -0.2) is 0 Å². The first-order valence-corrected chi connectivity index (χ1v) is 8.39. The maximum absolute atomic E-state index is 5.89. The summed E-state index contributed by atoms with van der Waals surface area (Å²) >= 11 is 0. The molecule has 0 amide bonds. The van der Waals surface area contributed by atoms with E-state index < -0.39 is 9.05 Å². The molecule has 0 fully saturated rings. The Bertz CT molecular complexity index is 205. The van der Waals surface area contributed by atoms with Crippen molar-refractivity contribution in [1.29, 1.82) is 0 Å². The smallest absolute Gasteiger partial charge is 0.355 e. The van der Waals surface area contributed by atoms with E-state index in [9.17, 15) is 0 Å². The van der Waals surface area contributed by atoms with Crippen LogP contribution in [0.25, 0.3) is 0 Å². The van der Waals surface area contributed by atoms with E-state index in [1.807, 2.05) is 26.8 Å². The molecule has 0 heterocycles. The van der Waals surface area contributed by atoms with Gasteiger partial charge in [0.25, 0.3) is 0 Å². The minimum Gasteiger partial charge on any atom is -0.355 e. The van der Waals surface area contributed by atoms with E-state index in [4.69, 9.17) is 17.7 Å². The Morgan fingerprint density at radius 1 is 1.17 bits per heavy atom. The molecule has 108 valence electrons. The number of hydrogen-bond acceptors (Lipinski definition) is 4. The lowest BCUT2D eigenvalue weighted by Crippen LogP contribution is -2.50. The van der Waals surface area contributed by atoms with Crippen molar-refractivity contribution < 1.29 is 17.7 Å². The molecule has 0 aliphatic rings. The molecule has 1 atom stereocenters. The first-order valence-electron chi connectivity index (χ1n) is 6.75. The van der Waals surface area contributed by atoms with Crippen LogP contribution in [-0.4, -0.2) is 35.5 Å². The van der Waals surface area contributed by atoms with E-state index >= 15 is 0 Å². The van der Waals surface area contributed by atoms with E-state index in [2.05, 4.69) is 6.58 Å². The van der Waals surface area contributed by atoms with Crippen molar-refractivity contribution in [3.8, 4) is 0 Å². The summed E-state index contributed by atoms with van der Waals surface area (Å²) in [5, 5.41) is 0. The Kier molecular flexibility index (Phi) is 10.6. The lowest BCUT2D eigenvalue weighted by atomic mass is 10.1. The minimum absolute atomic E-state index is 0.0829. The number of unbranched alkanes of at least 4 members (excludes halogenated alkanes) is 2. The maximum atomic E-state index is 5.89. The third-order valence-electron chi connectivity index (χ3n) is 2.51. The molecule has 0 saturated carbocycles. The van der Waals surface area contributed by atoms with Gasteiger partial charge >= 0.3 is 9.05 Å². The second-order valence-electron chi connectivity index (χ2n) is 4.07. The normalized spacial score (nSPS) is 13.6. The van der Waals surface area contributed by atoms with Crippen LogP contribution in [0.4, 0.5) is 0 Å². The highest BCUT2D eigenvalue weighted by Gasteiger charge is 2.45. The fraction of sp³-hybridized carbons (Fsp3) is 0.846. The fourth-order valence-electron chi connectivity index (χ4n) is 1.66. The molecule has 4 nitrogen and oxygen atoms in total. The monoisotopic (exact) mass is 276 g/mol. The summed E-state index contributed by atoms with van der Waals surface area (Å²) in [4.78, 5) is 0. The summed E-state index contributed by atoms with van der Waals surface area (Å²) in [5.41, 5.74) is 0. The van der Waals surface area contributed by atoms with Crippen LogP contribution in [-0.2, 0) is 17.7 Å². The van der Waals surface area contributed by atoms with Crippen molar-refractivity contribution in [3.63, 3.8) is 0 Å². The number of hydrogen-bond donors (Lipinski definition) is 0. The van der Waals surface area contributed by atoms with Crippen LogP contribution in [0.15, 0.2) is 12.7 Å². The van der Waals surface area contributed by atoms with Crippen molar-refractivity contribution >= 4 is 9.05 Å². The lowest BCUT2D eigenvalue weighted by Gasteiger charge is -2.28. The van der Waals surface area contributed by atoms with Crippen LogP contribution in [0.2, 0.25) is 0 Å². The van der Waals surface area contributed by atoms with Gasteiger partial charge in [-0.2, -0.15) is 0 Å². The Balaban J connectivity index is 4.15. The van der Waals surface area contributed by atoms with Gasteiger partial charge in [-0.1, -0.05) is 12.5 Å². The molecule has 0 radical (unpaired) electrons. The average molecular weight is 276 g/mol. The molecular weight excluding hydrogens is 248 g/mol. The van der Waals surface area contributed by atoms with Crippen LogP contribution >= 0.6 is 0 Å². The molecular formula is C13H28O4Si. The zero-order valence-electron chi connectivity index (χ0n) is 12.2. The Morgan fingerprint density at radius 3 is 2.22 bits per heavy atom. The average Bonchev–Trinajstić information content (AvgIpc) is 2.35. The van der Waals surface area contributed by atoms with Gasteiger partial charge in [0.2, 0.25) is 0 Å². The van der Waals surface area contributed by atoms with Crippen molar-refractivity contribution in [1.82, 2.24) is 0 Å². The van der Waals surface area contributed by atoms with E-state index in [-0.39, 0.29) is 6.10 Å². The van der Waals surface area contributed by atoms with Gasteiger partial charge in [0.05, 0.1) is 0 Å². The third kappa shape index (κ3) is 7.28. The number of rotatable bonds is 12. The molecule has 0 aliphatic carbocycles. The van der Waals surface area contributed by atoms with Crippen LogP contribution in [0.3, 0.4) is 0 Å². The molecule has 0 bridgehead atoms. The standard InChI is InChI=1S/C13H28O4Si/c1-6-9-10-11-12-13(4)17-18(14-5,15-7-2)16-8-3/h6,13H,1,7-12H2,2-5H3. The SMILES string of the molecule is C=CCCCCC(C)O[Si](OC)(OCC)OCC. The third-order valence-corrected chi connectivity index (χ3v) is 4.98. The summed E-state index contributed by atoms with van der Waals surface area (Å²) in [6.45, 7) is 10.6. The molecule has 0 aromatic heterocycles. The Labute approximate surface area is 113 Å². The zero-order valence-corrected chi connectivity index (χ0v) is 13.2. The highest BCUT2D eigenvalue weighted by molar-refractivity contribution is 6.53. The summed E-state index contributed by atoms with van der Waals surface area (Å²) in [6, 6.07) is 0. The summed E-state index contributed by atoms with van der Waals surface area (Å²) in [6.07, 6.45) is 6.31. The topological polar surface area (TPSA) is 36.9 Å². The first kappa shape index (κ1) is 17.8. The highest BCUT2D eigenvalue weighted by atomic mass is 28.4. The minimum atomic E-state index is -2.92. The molecule has 0 saturated heterocycles. The molecule has 0 aromatic rings. The molecule has 1 unspecified atom stereocenters. The van der Waals surface area contributed by atoms with Crippen LogP contribution in [0.1, 0.15) is 46.5 Å². The molecule has 0 spiro atoms. The van der Waals surface area contributed by atoms with Gasteiger partial charge in [-0.15, -0.1) is 6.58 Å². The largest absolute Gasteiger partial charge is 0.679 e. The van der Waals surface area contributed by atoms with Crippen LogP contribution in [0, 0.1) is 0 Å². The van der Waals surface area contributed by atoms with Crippen molar-refractivity contribution in [3.05, 3.63) is 12.7 Å². The zero-order chi connectivity index (χ0) is 13.9. The first-order chi connectivity index (χ1) is 8.64. The predicted molar refractivity (Wildman–Crippen MR) is 75.2 cm³/mol. The quantitative estimate of drug-likeness (QED) is 0.311. The fourth-order valence-corrected chi connectivity index (χ4v) is 3.52. The Morgan fingerprint density at radius 2 is 1.78 bits per heavy atom. The molecule has 0 N–H and O–H groups in total. The van der Waals surface area contributed by atoms with E-state index in [1.54, 1.807) is 7.11 Å². The molecule has 0 aromatic carbocycles. The van der Waals surface area contributed by atoms with Gasteiger partial charge in [0.1, 0.15) is 0 Å². The van der Waals surface area contributed by atoms with E-state index in [0.717, 1.165) is 25.7 Å². The molecule has 18 heavy (non-hydrogen) atoms. The Hall–Kier alpha value is -0.203. The van der Waals surface area contributed by atoms with Crippen molar-refractivity contribution in [2.24, 2.45) is 0 Å².